The predicted molar refractivity (Wildman–Crippen MR) is 61.1 cm³/mol. The SMILES string of the molecule is Cc1n[nH]c(C)c1CC(=O)NCCCCO. The first kappa shape index (κ1) is 12.7. The normalized spacial score (nSPS) is 10.4. The van der Waals surface area contributed by atoms with Gasteiger partial charge in [-0.2, -0.15) is 5.10 Å². The predicted octanol–water partition coefficient (Wildman–Crippen LogP) is 0.458. The summed E-state index contributed by atoms with van der Waals surface area (Å²) in [6, 6.07) is 0. The minimum absolute atomic E-state index is 0.00513. The van der Waals surface area contributed by atoms with E-state index in [-0.39, 0.29) is 12.5 Å². The van der Waals surface area contributed by atoms with Crippen LogP contribution < -0.4 is 5.32 Å². The quantitative estimate of drug-likeness (QED) is 0.615. The summed E-state index contributed by atoms with van der Waals surface area (Å²) in [6.45, 7) is 4.59. The van der Waals surface area contributed by atoms with Gasteiger partial charge < -0.3 is 10.4 Å². The molecule has 0 unspecified atom stereocenters. The van der Waals surface area contributed by atoms with E-state index in [9.17, 15) is 4.79 Å². The monoisotopic (exact) mass is 225 g/mol. The van der Waals surface area contributed by atoms with Crippen LogP contribution in [0.25, 0.3) is 0 Å². The molecule has 5 nitrogen and oxygen atoms in total. The number of hydrogen-bond donors (Lipinski definition) is 3. The molecule has 0 spiro atoms. The van der Waals surface area contributed by atoms with Gasteiger partial charge in [-0.25, -0.2) is 0 Å². The second-order valence-electron chi connectivity index (χ2n) is 3.87. The number of aryl methyl sites for hydroxylation is 2. The summed E-state index contributed by atoms with van der Waals surface area (Å²) in [5, 5.41) is 18.3. The average molecular weight is 225 g/mol. The first-order valence-corrected chi connectivity index (χ1v) is 5.53. The second-order valence-corrected chi connectivity index (χ2v) is 3.87. The fourth-order valence-electron chi connectivity index (χ4n) is 1.52. The summed E-state index contributed by atoms with van der Waals surface area (Å²) in [6.07, 6.45) is 1.91. The van der Waals surface area contributed by atoms with Crippen molar-refractivity contribution in [3.63, 3.8) is 0 Å². The molecule has 1 amide bonds. The third-order valence-corrected chi connectivity index (χ3v) is 2.53. The number of aliphatic hydroxyl groups excluding tert-OH is 1. The number of hydrogen-bond acceptors (Lipinski definition) is 3. The Kier molecular flexibility index (Phi) is 4.98. The molecule has 0 aliphatic rings. The van der Waals surface area contributed by atoms with Crippen molar-refractivity contribution in [1.82, 2.24) is 15.5 Å². The van der Waals surface area contributed by atoms with E-state index in [1.165, 1.54) is 0 Å². The van der Waals surface area contributed by atoms with E-state index in [1.54, 1.807) is 0 Å². The maximum absolute atomic E-state index is 11.6. The third-order valence-electron chi connectivity index (χ3n) is 2.53. The van der Waals surface area contributed by atoms with Crippen molar-refractivity contribution in [1.29, 1.82) is 0 Å². The lowest BCUT2D eigenvalue weighted by atomic mass is 10.1. The highest BCUT2D eigenvalue weighted by molar-refractivity contribution is 5.79. The molecular weight excluding hydrogens is 206 g/mol. The van der Waals surface area contributed by atoms with E-state index in [1.807, 2.05) is 13.8 Å². The Bertz CT molecular complexity index is 327. The smallest absolute Gasteiger partial charge is 0.224 e. The molecule has 1 aromatic rings. The average Bonchev–Trinajstić information content (AvgIpc) is 2.56. The minimum atomic E-state index is 0.00513. The molecule has 0 aliphatic heterocycles. The van der Waals surface area contributed by atoms with E-state index in [0.717, 1.165) is 29.8 Å². The van der Waals surface area contributed by atoms with Gasteiger partial charge in [-0.05, 0) is 26.7 Å². The summed E-state index contributed by atoms with van der Waals surface area (Å²) < 4.78 is 0. The van der Waals surface area contributed by atoms with E-state index in [0.29, 0.717) is 13.0 Å². The number of nitrogens with one attached hydrogen (secondary N) is 2. The fourth-order valence-corrected chi connectivity index (χ4v) is 1.52. The van der Waals surface area contributed by atoms with E-state index >= 15 is 0 Å². The number of nitrogens with zero attached hydrogens (tertiary/aromatic N) is 1. The molecule has 0 atom stereocenters. The van der Waals surface area contributed by atoms with Crippen LogP contribution in [0.4, 0.5) is 0 Å². The van der Waals surface area contributed by atoms with Gasteiger partial charge in [0.1, 0.15) is 0 Å². The number of carbonyl (C=O) groups is 1. The molecule has 0 fully saturated rings. The van der Waals surface area contributed by atoms with Gasteiger partial charge in [-0.3, -0.25) is 9.89 Å². The van der Waals surface area contributed by atoms with Crippen molar-refractivity contribution in [3.05, 3.63) is 17.0 Å². The Labute approximate surface area is 95.3 Å². The van der Waals surface area contributed by atoms with Crippen LogP contribution in [0, 0.1) is 13.8 Å². The minimum Gasteiger partial charge on any atom is -0.396 e. The second kappa shape index (κ2) is 6.27. The van der Waals surface area contributed by atoms with Crippen molar-refractivity contribution < 1.29 is 9.90 Å². The largest absolute Gasteiger partial charge is 0.396 e. The molecule has 16 heavy (non-hydrogen) atoms. The van der Waals surface area contributed by atoms with Gasteiger partial charge in [-0.15, -0.1) is 0 Å². The van der Waals surface area contributed by atoms with E-state index in [2.05, 4.69) is 15.5 Å². The van der Waals surface area contributed by atoms with Crippen molar-refractivity contribution >= 4 is 5.91 Å². The summed E-state index contributed by atoms with van der Waals surface area (Å²) in [5.41, 5.74) is 2.80. The van der Waals surface area contributed by atoms with Crippen molar-refractivity contribution in [3.8, 4) is 0 Å². The first-order chi connectivity index (χ1) is 7.65. The van der Waals surface area contributed by atoms with Crippen LogP contribution in [-0.4, -0.2) is 34.4 Å². The van der Waals surface area contributed by atoms with Gasteiger partial charge in [0.2, 0.25) is 5.91 Å². The Morgan fingerprint density at radius 2 is 2.19 bits per heavy atom. The zero-order valence-electron chi connectivity index (χ0n) is 9.84. The zero-order valence-corrected chi connectivity index (χ0v) is 9.84. The van der Waals surface area contributed by atoms with Crippen LogP contribution in [0.5, 0.6) is 0 Å². The Morgan fingerprint density at radius 3 is 2.75 bits per heavy atom. The van der Waals surface area contributed by atoms with Crippen LogP contribution in [0.3, 0.4) is 0 Å². The van der Waals surface area contributed by atoms with Crippen LogP contribution in [0.2, 0.25) is 0 Å². The molecule has 1 aromatic heterocycles. The Hall–Kier alpha value is -1.36. The molecule has 3 N–H and O–H groups in total. The summed E-state index contributed by atoms with van der Waals surface area (Å²) in [4.78, 5) is 11.6. The van der Waals surface area contributed by atoms with Crippen LogP contribution in [0.15, 0.2) is 0 Å². The topological polar surface area (TPSA) is 78.0 Å². The molecule has 0 saturated carbocycles. The molecule has 5 heteroatoms. The van der Waals surface area contributed by atoms with Gasteiger partial charge >= 0.3 is 0 Å². The molecule has 1 rings (SSSR count). The van der Waals surface area contributed by atoms with E-state index < -0.39 is 0 Å². The summed E-state index contributed by atoms with van der Waals surface area (Å²) in [7, 11) is 0. The number of amides is 1. The van der Waals surface area contributed by atoms with Crippen molar-refractivity contribution in [2.24, 2.45) is 0 Å². The first-order valence-electron chi connectivity index (χ1n) is 5.53. The Morgan fingerprint density at radius 1 is 1.44 bits per heavy atom. The molecular formula is C11H19N3O2. The van der Waals surface area contributed by atoms with Crippen LogP contribution >= 0.6 is 0 Å². The summed E-state index contributed by atoms with van der Waals surface area (Å²) >= 11 is 0. The molecule has 1 heterocycles. The highest BCUT2D eigenvalue weighted by atomic mass is 16.2. The number of H-pyrrole nitrogens is 1. The molecule has 0 aromatic carbocycles. The number of aromatic nitrogens is 2. The van der Waals surface area contributed by atoms with Crippen molar-refractivity contribution in [2.45, 2.75) is 33.1 Å². The van der Waals surface area contributed by atoms with Gasteiger partial charge in [0.15, 0.2) is 0 Å². The highest BCUT2D eigenvalue weighted by Crippen LogP contribution is 2.09. The number of rotatable bonds is 6. The fraction of sp³-hybridized carbons (Fsp3) is 0.636. The van der Waals surface area contributed by atoms with Crippen LogP contribution in [-0.2, 0) is 11.2 Å². The van der Waals surface area contributed by atoms with Gasteiger partial charge in [0.05, 0.1) is 12.1 Å². The molecule has 0 saturated heterocycles. The van der Waals surface area contributed by atoms with Crippen molar-refractivity contribution in [2.75, 3.05) is 13.2 Å². The molecule has 0 bridgehead atoms. The maximum atomic E-state index is 11.6. The third kappa shape index (κ3) is 3.66. The standard InChI is InChI=1S/C11H19N3O2/c1-8-10(9(2)14-13-8)7-11(16)12-5-3-4-6-15/h15H,3-7H2,1-2H3,(H,12,16)(H,13,14). The lowest BCUT2D eigenvalue weighted by molar-refractivity contribution is -0.120. The van der Waals surface area contributed by atoms with Gasteiger partial charge in [0, 0.05) is 24.4 Å². The highest BCUT2D eigenvalue weighted by Gasteiger charge is 2.10. The van der Waals surface area contributed by atoms with Gasteiger partial charge in [0.25, 0.3) is 0 Å². The molecule has 0 aliphatic carbocycles. The lowest BCUT2D eigenvalue weighted by Gasteiger charge is -2.04. The van der Waals surface area contributed by atoms with Crippen LogP contribution in [0.1, 0.15) is 29.8 Å². The number of unbranched alkanes of at least 4 members (excludes halogenated alkanes) is 1. The van der Waals surface area contributed by atoms with Gasteiger partial charge in [-0.1, -0.05) is 0 Å². The Balaban J connectivity index is 2.34. The summed E-state index contributed by atoms with van der Waals surface area (Å²) in [5.74, 6) is 0.00513. The number of carbonyl (C=O) groups excluding carboxylic acids is 1. The molecule has 90 valence electrons. The number of aromatic amines is 1. The zero-order chi connectivity index (χ0) is 12.0. The van der Waals surface area contributed by atoms with E-state index in [4.69, 9.17) is 5.11 Å². The lowest BCUT2D eigenvalue weighted by Crippen LogP contribution is -2.26. The maximum Gasteiger partial charge on any atom is 0.224 e. The molecule has 0 radical (unpaired) electrons. The number of aliphatic hydroxyl groups is 1.